The van der Waals surface area contributed by atoms with Crippen molar-refractivity contribution in [3.63, 3.8) is 0 Å². The number of ether oxygens (including phenoxy) is 1. The fourth-order valence-electron chi connectivity index (χ4n) is 0.880. The van der Waals surface area contributed by atoms with E-state index in [1.165, 1.54) is 6.07 Å². The number of hydrogen-bond acceptors (Lipinski definition) is 2. The molecule has 7 heteroatoms. The largest absolute Gasteiger partial charge is 0.458 e. The van der Waals surface area contributed by atoms with Crippen LogP contribution in [0, 0.1) is 0 Å². The van der Waals surface area contributed by atoms with Crippen LogP contribution in [0.2, 0.25) is 5.02 Å². The predicted molar refractivity (Wildman–Crippen MR) is 69.7 cm³/mol. The maximum Gasteiger partial charge on any atom is 0.339 e. The lowest BCUT2D eigenvalue weighted by atomic mass is 10.2. The van der Waals surface area contributed by atoms with E-state index in [-0.39, 0.29) is 6.61 Å². The van der Waals surface area contributed by atoms with Gasteiger partial charge in [-0.1, -0.05) is 46.4 Å². The third-order valence-electron chi connectivity index (χ3n) is 1.52. The zero-order valence-electron chi connectivity index (χ0n) is 7.65. The van der Waals surface area contributed by atoms with Crippen molar-refractivity contribution in [1.29, 1.82) is 0 Å². The molecular formula is C9H5BrCl4O2. The molecule has 0 unspecified atom stereocenters. The quantitative estimate of drug-likeness (QED) is 0.563. The van der Waals surface area contributed by atoms with Gasteiger partial charge in [0, 0.05) is 9.50 Å². The summed E-state index contributed by atoms with van der Waals surface area (Å²) < 4.78 is 3.71. The highest BCUT2D eigenvalue weighted by molar-refractivity contribution is 9.10. The van der Waals surface area contributed by atoms with Crippen LogP contribution < -0.4 is 0 Å². The lowest BCUT2D eigenvalue weighted by molar-refractivity contribution is 0.0511. The second-order valence-corrected chi connectivity index (χ2v) is 6.62. The summed E-state index contributed by atoms with van der Waals surface area (Å²) in [6, 6.07) is 4.67. The summed E-state index contributed by atoms with van der Waals surface area (Å²) >= 11 is 25.3. The number of hydrogen-bond donors (Lipinski definition) is 0. The Bertz CT molecular complexity index is 403. The highest BCUT2D eigenvalue weighted by atomic mass is 79.9. The maximum atomic E-state index is 11.6. The Labute approximate surface area is 121 Å². The number of rotatable bonds is 2. The molecule has 0 heterocycles. The van der Waals surface area contributed by atoms with Crippen LogP contribution in [0.25, 0.3) is 0 Å². The van der Waals surface area contributed by atoms with E-state index in [1.54, 1.807) is 12.1 Å². The fraction of sp³-hybridized carbons (Fsp3) is 0.222. The minimum Gasteiger partial charge on any atom is -0.458 e. The van der Waals surface area contributed by atoms with E-state index < -0.39 is 9.76 Å². The van der Waals surface area contributed by atoms with Gasteiger partial charge < -0.3 is 4.74 Å². The van der Waals surface area contributed by atoms with Crippen LogP contribution in [0.15, 0.2) is 22.7 Å². The minimum atomic E-state index is -1.62. The first-order chi connectivity index (χ1) is 7.29. The first kappa shape index (κ1) is 14.4. The van der Waals surface area contributed by atoms with Crippen molar-refractivity contribution >= 4 is 68.3 Å². The van der Waals surface area contributed by atoms with Gasteiger partial charge in [-0.3, -0.25) is 0 Å². The van der Waals surface area contributed by atoms with Crippen LogP contribution in [-0.2, 0) is 4.74 Å². The summed E-state index contributed by atoms with van der Waals surface area (Å²) in [6.45, 7) is -0.314. The Morgan fingerprint density at radius 1 is 1.38 bits per heavy atom. The molecule has 0 bridgehead atoms. The van der Waals surface area contributed by atoms with E-state index in [0.29, 0.717) is 15.1 Å². The van der Waals surface area contributed by atoms with Gasteiger partial charge in [0.15, 0.2) is 0 Å². The van der Waals surface area contributed by atoms with E-state index in [2.05, 4.69) is 15.9 Å². The van der Waals surface area contributed by atoms with Crippen molar-refractivity contribution in [2.45, 2.75) is 3.79 Å². The molecule has 88 valence electrons. The molecule has 0 aromatic heterocycles. The molecule has 0 aliphatic heterocycles. The van der Waals surface area contributed by atoms with Crippen LogP contribution in [0.5, 0.6) is 0 Å². The highest BCUT2D eigenvalue weighted by Gasteiger charge is 2.23. The van der Waals surface area contributed by atoms with Crippen molar-refractivity contribution in [3.05, 3.63) is 33.3 Å². The molecule has 1 aromatic carbocycles. The molecule has 2 nitrogen and oxygen atoms in total. The van der Waals surface area contributed by atoms with Crippen molar-refractivity contribution in [1.82, 2.24) is 0 Å². The van der Waals surface area contributed by atoms with Gasteiger partial charge in [-0.15, -0.1) is 0 Å². The van der Waals surface area contributed by atoms with E-state index in [1.807, 2.05) is 0 Å². The third kappa shape index (κ3) is 4.68. The molecule has 0 aliphatic carbocycles. The Hall–Kier alpha value is 0.330. The van der Waals surface area contributed by atoms with Gasteiger partial charge in [-0.2, -0.15) is 0 Å². The molecule has 0 spiro atoms. The van der Waals surface area contributed by atoms with Gasteiger partial charge in [0.2, 0.25) is 3.79 Å². The number of benzene rings is 1. The van der Waals surface area contributed by atoms with Crippen LogP contribution >= 0.6 is 62.3 Å². The molecule has 1 rings (SSSR count). The van der Waals surface area contributed by atoms with Gasteiger partial charge in [0.25, 0.3) is 0 Å². The SMILES string of the molecule is O=C(OCC(Cl)(Cl)Cl)c1ccc(Cl)cc1Br. The molecule has 16 heavy (non-hydrogen) atoms. The average Bonchev–Trinajstić information content (AvgIpc) is 2.13. The summed E-state index contributed by atoms with van der Waals surface area (Å²) in [5.74, 6) is -0.588. The summed E-state index contributed by atoms with van der Waals surface area (Å²) in [6.07, 6.45) is 0. The van der Waals surface area contributed by atoms with E-state index >= 15 is 0 Å². The van der Waals surface area contributed by atoms with Crippen molar-refractivity contribution in [2.24, 2.45) is 0 Å². The van der Waals surface area contributed by atoms with Gasteiger partial charge in [-0.25, -0.2) is 4.79 Å². The van der Waals surface area contributed by atoms with E-state index in [9.17, 15) is 4.79 Å². The second kappa shape index (κ2) is 5.78. The zero-order chi connectivity index (χ0) is 12.3. The summed E-state index contributed by atoms with van der Waals surface area (Å²) in [4.78, 5) is 11.6. The van der Waals surface area contributed by atoms with E-state index in [4.69, 9.17) is 51.1 Å². The Kier molecular flexibility index (Phi) is 5.20. The topological polar surface area (TPSA) is 26.3 Å². The average molecular weight is 367 g/mol. The Morgan fingerprint density at radius 2 is 2.00 bits per heavy atom. The number of carbonyl (C=O) groups excluding carboxylic acids is 1. The highest BCUT2D eigenvalue weighted by Crippen LogP contribution is 2.27. The molecule has 0 aliphatic rings. The van der Waals surface area contributed by atoms with Crippen LogP contribution in [0.4, 0.5) is 0 Å². The van der Waals surface area contributed by atoms with Gasteiger partial charge in [0.05, 0.1) is 5.56 Å². The summed E-state index contributed by atoms with van der Waals surface area (Å²) in [7, 11) is 0. The standard InChI is InChI=1S/C9H5BrCl4O2/c10-7-3-5(11)1-2-6(7)8(15)16-4-9(12,13)14/h1-3H,4H2. The van der Waals surface area contributed by atoms with Gasteiger partial charge in [0.1, 0.15) is 6.61 Å². The molecule has 0 fully saturated rings. The minimum absolute atomic E-state index is 0.314. The molecule has 0 radical (unpaired) electrons. The summed E-state index contributed by atoms with van der Waals surface area (Å²) in [5.41, 5.74) is 0.318. The second-order valence-electron chi connectivity index (χ2n) is 2.82. The zero-order valence-corrected chi connectivity index (χ0v) is 12.3. The molecule has 1 aromatic rings. The van der Waals surface area contributed by atoms with Crippen molar-refractivity contribution < 1.29 is 9.53 Å². The van der Waals surface area contributed by atoms with Crippen LogP contribution in [0.3, 0.4) is 0 Å². The normalized spacial score (nSPS) is 11.3. The number of carbonyl (C=O) groups is 1. The number of alkyl halides is 3. The molecule has 0 N–H and O–H groups in total. The molecule has 0 saturated carbocycles. The predicted octanol–water partition coefficient (Wildman–Crippen LogP) is 4.63. The molecule has 0 saturated heterocycles. The maximum absolute atomic E-state index is 11.6. The summed E-state index contributed by atoms with van der Waals surface area (Å²) in [5, 5.41) is 0.504. The van der Waals surface area contributed by atoms with Crippen molar-refractivity contribution in [3.8, 4) is 0 Å². The molecular weight excluding hydrogens is 362 g/mol. The lowest BCUT2D eigenvalue weighted by Gasteiger charge is -2.11. The smallest absolute Gasteiger partial charge is 0.339 e. The molecule has 0 atom stereocenters. The van der Waals surface area contributed by atoms with Gasteiger partial charge in [-0.05, 0) is 34.1 Å². The van der Waals surface area contributed by atoms with Crippen LogP contribution in [0.1, 0.15) is 10.4 Å². The van der Waals surface area contributed by atoms with Crippen LogP contribution in [-0.4, -0.2) is 16.4 Å². The lowest BCUT2D eigenvalue weighted by Crippen LogP contribution is -2.17. The number of esters is 1. The van der Waals surface area contributed by atoms with Crippen molar-refractivity contribution in [2.75, 3.05) is 6.61 Å². The molecule has 0 amide bonds. The number of halogens is 5. The monoisotopic (exact) mass is 364 g/mol. The third-order valence-corrected chi connectivity index (χ3v) is 2.74. The first-order valence-electron chi connectivity index (χ1n) is 3.98. The Morgan fingerprint density at radius 3 is 2.50 bits per heavy atom. The van der Waals surface area contributed by atoms with Gasteiger partial charge >= 0.3 is 5.97 Å². The first-order valence-corrected chi connectivity index (χ1v) is 6.29. The van der Waals surface area contributed by atoms with E-state index in [0.717, 1.165) is 0 Å². The fourth-order valence-corrected chi connectivity index (χ4v) is 1.89. The Balaban J connectivity index is 2.74.